The molecule has 0 aromatic heterocycles. The summed E-state index contributed by atoms with van der Waals surface area (Å²) in [5.41, 5.74) is 1.27. The average molecular weight is 437 g/mol. The number of benzene rings is 2. The van der Waals surface area contributed by atoms with Crippen molar-refractivity contribution in [2.75, 3.05) is 26.9 Å². The smallest absolute Gasteiger partial charge is 0.387 e. The molecule has 1 amide bonds. The van der Waals surface area contributed by atoms with Crippen LogP contribution in [-0.4, -0.2) is 39.4 Å². The fraction of sp³-hybridized carbons (Fsp3) is 0.435. The fourth-order valence-electron chi connectivity index (χ4n) is 2.78. The van der Waals surface area contributed by atoms with Crippen LogP contribution in [-0.2, 0) is 6.42 Å². The average Bonchev–Trinajstić information content (AvgIpc) is 2.73. The Kier molecular flexibility index (Phi) is 9.37. The van der Waals surface area contributed by atoms with Crippen LogP contribution >= 0.6 is 0 Å². The van der Waals surface area contributed by atoms with Gasteiger partial charge in [0.2, 0.25) is 0 Å². The molecule has 6 nitrogen and oxygen atoms in total. The lowest BCUT2D eigenvalue weighted by atomic mass is 10.1. The van der Waals surface area contributed by atoms with E-state index in [1.807, 2.05) is 6.92 Å². The Labute approximate surface area is 181 Å². The van der Waals surface area contributed by atoms with Crippen molar-refractivity contribution in [2.45, 2.75) is 33.8 Å². The highest BCUT2D eigenvalue weighted by Crippen LogP contribution is 2.30. The minimum atomic E-state index is -2.93. The quantitative estimate of drug-likeness (QED) is 0.521. The molecule has 0 saturated heterocycles. The summed E-state index contributed by atoms with van der Waals surface area (Å²) >= 11 is 0. The van der Waals surface area contributed by atoms with E-state index in [0.29, 0.717) is 49.2 Å². The molecule has 2 rings (SSSR count). The normalized spacial score (nSPS) is 10.8. The van der Waals surface area contributed by atoms with Crippen molar-refractivity contribution in [3.05, 3.63) is 47.5 Å². The summed E-state index contributed by atoms with van der Waals surface area (Å²) in [6.45, 7) is 4.40. The van der Waals surface area contributed by atoms with Gasteiger partial charge in [0.25, 0.3) is 5.91 Å². The van der Waals surface area contributed by atoms with Gasteiger partial charge in [-0.3, -0.25) is 4.79 Å². The third-order valence-electron chi connectivity index (χ3n) is 4.22. The second-order valence-corrected chi connectivity index (χ2v) is 7.17. The summed E-state index contributed by atoms with van der Waals surface area (Å²) in [6, 6.07) is 9.76. The zero-order chi connectivity index (χ0) is 22.8. The third-order valence-corrected chi connectivity index (χ3v) is 4.22. The van der Waals surface area contributed by atoms with Crippen LogP contribution in [0.4, 0.5) is 8.78 Å². The number of rotatable bonds is 12. The van der Waals surface area contributed by atoms with E-state index in [0.717, 1.165) is 5.56 Å². The molecule has 0 bridgehead atoms. The van der Waals surface area contributed by atoms with Gasteiger partial charge in [-0.25, -0.2) is 0 Å². The highest BCUT2D eigenvalue weighted by atomic mass is 19.3. The van der Waals surface area contributed by atoms with Crippen LogP contribution in [0.15, 0.2) is 36.4 Å². The number of alkyl halides is 2. The number of carbonyl (C=O) groups excluding carboxylic acids is 1. The lowest BCUT2D eigenvalue weighted by Gasteiger charge is -2.15. The minimum Gasteiger partial charge on any atom is -0.493 e. The number of ether oxygens (including phenoxy) is 4. The number of halogens is 2. The molecule has 0 spiro atoms. The molecule has 0 heterocycles. The summed E-state index contributed by atoms with van der Waals surface area (Å²) in [5, 5.41) is 2.84. The molecule has 170 valence electrons. The van der Waals surface area contributed by atoms with Crippen LogP contribution in [0.1, 0.15) is 36.7 Å². The van der Waals surface area contributed by atoms with Gasteiger partial charge in [-0.2, -0.15) is 8.78 Å². The summed E-state index contributed by atoms with van der Waals surface area (Å²) < 4.78 is 45.7. The third kappa shape index (κ3) is 7.62. The molecule has 0 radical (unpaired) electrons. The van der Waals surface area contributed by atoms with Gasteiger partial charge in [-0.15, -0.1) is 0 Å². The number of methoxy groups -OCH3 is 1. The lowest BCUT2D eigenvalue weighted by molar-refractivity contribution is -0.0512. The molecule has 0 aliphatic rings. The van der Waals surface area contributed by atoms with Crippen LogP contribution in [0, 0.1) is 5.92 Å². The number of hydrogen-bond donors (Lipinski definition) is 1. The van der Waals surface area contributed by atoms with E-state index in [4.69, 9.17) is 14.2 Å². The van der Waals surface area contributed by atoms with Crippen molar-refractivity contribution in [1.82, 2.24) is 5.32 Å². The fourth-order valence-corrected chi connectivity index (χ4v) is 2.78. The topological polar surface area (TPSA) is 66.0 Å². The second kappa shape index (κ2) is 12.0. The highest BCUT2D eigenvalue weighted by molar-refractivity contribution is 5.94. The Morgan fingerprint density at radius 1 is 1.00 bits per heavy atom. The maximum absolute atomic E-state index is 12.5. The van der Waals surface area contributed by atoms with E-state index in [1.54, 1.807) is 30.3 Å². The molecule has 0 atom stereocenters. The Hall–Kier alpha value is -3.03. The van der Waals surface area contributed by atoms with Crippen LogP contribution in [0.25, 0.3) is 0 Å². The molecular formula is C23H29F2NO5. The summed E-state index contributed by atoms with van der Waals surface area (Å²) in [4.78, 5) is 12.5. The Morgan fingerprint density at radius 2 is 1.74 bits per heavy atom. The van der Waals surface area contributed by atoms with E-state index in [-0.39, 0.29) is 17.4 Å². The van der Waals surface area contributed by atoms with E-state index in [2.05, 4.69) is 23.9 Å². The van der Waals surface area contributed by atoms with Crippen molar-refractivity contribution in [2.24, 2.45) is 5.92 Å². The van der Waals surface area contributed by atoms with Crippen LogP contribution in [0.5, 0.6) is 23.0 Å². The molecule has 2 aromatic carbocycles. The van der Waals surface area contributed by atoms with Crippen molar-refractivity contribution in [1.29, 1.82) is 0 Å². The molecule has 0 aliphatic heterocycles. The molecular weight excluding hydrogens is 408 g/mol. The summed E-state index contributed by atoms with van der Waals surface area (Å²) in [7, 11) is 1.38. The Morgan fingerprint density at radius 3 is 2.39 bits per heavy atom. The Balaban J connectivity index is 1.98. The van der Waals surface area contributed by atoms with Crippen molar-refractivity contribution >= 4 is 5.91 Å². The highest BCUT2D eigenvalue weighted by Gasteiger charge is 2.13. The summed E-state index contributed by atoms with van der Waals surface area (Å²) in [5.74, 6) is 1.42. The zero-order valence-corrected chi connectivity index (χ0v) is 18.2. The maximum Gasteiger partial charge on any atom is 0.387 e. The molecule has 31 heavy (non-hydrogen) atoms. The number of hydrogen-bond acceptors (Lipinski definition) is 5. The number of nitrogens with one attached hydrogen (secondary N) is 1. The predicted molar refractivity (Wildman–Crippen MR) is 114 cm³/mol. The van der Waals surface area contributed by atoms with Gasteiger partial charge in [0.1, 0.15) is 0 Å². The number of amides is 1. The molecule has 1 N–H and O–H groups in total. The molecule has 2 aromatic rings. The SMILES string of the molecule is CCOc1cc(C(=O)NCCc2ccc(OC(F)F)c(OC)c2)ccc1OCC(C)C. The van der Waals surface area contributed by atoms with Gasteiger partial charge >= 0.3 is 6.61 Å². The molecule has 0 saturated carbocycles. The van der Waals surface area contributed by atoms with E-state index < -0.39 is 6.61 Å². The van der Waals surface area contributed by atoms with E-state index >= 15 is 0 Å². The first-order valence-corrected chi connectivity index (χ1v) is 10.1. The predicted octanol–water partition coefficient (Wildman–Crippen LogP) is 4.70. The first kappa shape index (κ1) is 24.2. The first-order valence-electron chi connectivity index (χ1n) is 10.1. The standard InChI is InChI=1S/C23H29F2NO5/c1-5-29-21-13-17(7-9-18(21)30-14-15(2)3)22(27)26-11-10-16-6-8-19(31-23(24)25)20(12-16)28-4/h6-9,12-13,15,23H,5,10-11,14H2,1-4H3,(H,26,27). The first-order chi connectivity index (χ1) is 14.8. The van der Waals surface area contributed by atoms with E-state index in [1.165, 1.54) is 13.2 Å². The lowest BCUT2D eigenvalue weighted by Crippen LogP contribution is -2.25. The van der Waals surface area contributed by atoms with Crippen LogP contribution in [0.3, 0.4) is 0 Å². The van der Waals surface area contributed by atoms with Gasteiger partial charge in [0.05, 0.1) is 20.3 Å². The van der Waals surface area contributed by atoms with Crippen molar-refractivity contribution in [3.63, 3.8) is 0 Å². The molecule has 0 fully saturated rings. The molecule has 0 aliphatic carbocycles. The molecule has 8 heteroatoms. The minimum absolute atomic E-state index is 0.0338. The zero-order valence-electron chi connectivity index (χ0n) is 18.2. The van der Waals surface area contributed by atoms with Gasteiger partial charge in [0.15, 0.2) is 23.0 Å². The van der Waals surface area contributed by atoms with Gasteiger partial charge in [-0.05, 0) is 55.2 Å². The van der Waals surface area contributed by atoms with Crippen molar-refractivity contribution < 1.29 is 32.5 Å². The maximum atomic E-state index is 12.5. The van der Waals surface area contributed by atoms with Gasteiger partial charge in [-0.1, -0.05) is 19.9 Å². The van der Waals surface area contributed by atoms with Gasteiger partial charge < -0.3 is 24.3 Å². The van der Waals surface area contributed by atoms with Crippen LogP contribution < -0.4 is 24.3 Å². The largest absolute Gasteiger partial charge is 0.493 e. The molecule has 0 unspecified atom stereocenters. The summed E-state index contributed by atoms with van der Waals surface area (Å²) in [6.07, 6.45) is 0.491. The van der Waals surface area contributed by atoms with Crippen molar-refractivity contribution in [3.8, 4) is 23.0 Å². The number of carbonyl (C=O) groups is 1. The van der Waals surface area contributed by atoms with Crippen LogP contribution in [0.2, 0.25) is 0 Å². The van der Waals surface area contributed by atoms with Gasteiger partial charge in [0, 0.05) is 12.1 Å². The second-order valence-electron chi connectivity index (χ2n) is 7.17. The monoisotopic (exact) mass is 437 g/mol. The Bertz CT molecular complexity index is 858. The van der Waals surface area contributed by atoms with E-state index in [9.17, 15) is 13.6 Å².